The van der Waals surface area contributed by atoms with Crippen molar-refractivity contribution in [1.82, 2.24) is 14.6 Å². The molecule has 0 bridgehead atoms. The average molecular weight is 445 g/mol. The van der Waals surface area contributed by atoms with Crippen molar-refractivity contribution in [3.63, 3.8) is 0 Å². The molecule has 2 heterocycles. The highest BCUT2D eigenvalue weighted by molar-refractivity contribution is 9.11. The third kappa shape index (κ3) is 3.23. The molecule has 0 saturated heterocycles. The summed E-state index contributed by atoms with van der Waals surface area (Å²) in [5.74, 6) is 0.698. The summed E-state index contributed by atoms with van der Waals surface area (Å²) < 4.78 is 8.85. The first-order valence-corrected chi connectivity index (χ1v) is 8.93. The van der Waals surface area contributed by atoms with Crippen molar-refractivity contribution < 1.29 is 4.74 Å². The van der Waals surface area contributed by atoms with Gasteiger partial charge >= 0.3 is 0 Å². The third-order valence-electron chi connectivity index (χ3n) is 2.91. The highest BCUT2D eigenvalue weighted by atomic mass is 79.9. The van der Waals surface area contributed by atoms with Crippen molar-refractivity contribution in [2.75, 3.05) is 0 Å². The highest BCUT2D eigenvalue weighted by Crippen LogP contribution is 2.28. The minimum atomic E-state index is -0.186. The summed E-state index contributed by atoms with van der Waals surface area (Å²) in [6.07, 6.45) is 0.783. The van der Waals surface area contributed by atoms with Gasteiger partial charge in [-0.05, 0) is 40.5 Å². The quantitative estimate of drug-likeness (QED) is 0.613. The summed E-state index contributed by atoms with van der Waals surface area (Å²) in [5.41, 5.74) is 0.403. The average Bonchev–Trinajstić information content (AvgIpc) is 2.90. The minimum Gasteiger partial charge on any atom is -0.486 e. The number of fused-ring (bicyclic) bond motifs is 1. The normalized spacial score (nSPS) is 11.0. The molecule has 0 aliphatic rings. The first-order valence-electron chi connectivity index (χ1n) is 6.53. The van der Waals surface area contributed by atoms with E-state index in [0.717, 1.165) is 20.4 Å². The Morgan fingerprint density at radius 2 is 2.14 bits per heavy atom. The van der Waals surface area contributed by atoms with E-state index in [-0.39, 0.29) is 12.2 Å². The molecule has 0 spiro atoms. The molecule has 114 valence electrons. The molecule has 0 saturated carbocycles. The molecule has 1 aromatic carbocycles. The monoisotopic (exact) mass is 443 g/mol. The van der Waals surface area contributed by atoms with E-state index in [2.05, 4.69) is 41.9 Å². The van der Waals surface area contributed by atoms with Crippen molar-refractivity contribution in [2.45, 2.75) is 20.0 Å². The number of hydrogen-bond donors (Lipinski definition) is 0. The topological polar surface area (TPSA) is 56.5 Å². The van der Waals surface area contributed by atoms with Gasteiger partial charge in [0, 0.05) is 10.5 Å². The van der Waals surface area contributed by atoms with Gasteiger partial charge in [0.2, 0.25) is 4.96 Å². The number of aryl methyl sites for hydroxylation is 1. The molecule has 0 aliphatic heterocycles. The Bertz CT molecular complexity index is 891. The van der Waals surface area contributed by atoms with Crippen LogP contribution >= 0.6 is 43.2 Å². The molecular weight excluding hydrogens is 434 g/mol. The second-order valence-electron chi connectivity index (χ2n) is 4.49. The van der Waals surface area contributed by atoms with Crippen LogP contribution < -0.4 is 10.3 Å². The Balaban J connectivity index is 1.86. The Kier molecular flexibility index (Phi) is 4.60. The van der Waals surface area contributed by atoms with Gasteiger partial charge < -0.3 is 4.74 Å². The lowest BCUT2D eigenvalue weighted by Gasteiger charge is -2.07. The lowest BCUT2D eigenvalue weighted by molar-refractivity contribution is 0.299. The molecule has 8 heteroatoms. The van der Waals surface area contributed by atoms with Gasteiger partial charge in [0.1, 0.15) is 17.4 Å². The summed E-state index contributed by atoms with van der Waals surface area (Å²) in [6, 6.07) is 7.10. The van der Waals surface area contributed by atoms with Gasteiger partial charge in [-0.3, -0.25) is 4.79 Å². The largest absolute Gasteiger partial charge is 0.486 e. The van der Waals surface area contributed by atoms with Gasteiger partial charge in [-0.2, -0.15) is 9.61 Å². The van der Waals surface area contributed by atoms with Crippen LogP contribution in [0.2, 0.25) is 0 Å². The van der Waals surface area contributed by atoms with Crippen molar-refractivity contribution in [1.29, 1.82) is 0 Å². The molecule has 0 fully saturated rings. The summed E-state index contributed by atoms with van der Waals surface area (Å²) in [7, 11) is 0. The van der Waals surface area contributed by atoms with Crippen LogP contribution in [0.25, 0.3) is 4.96 Å². The second kappa shape index (κ2) is 6.47. The van der Waals surface area contributed by atoms with Gasteiger partial charge in [0.25, 0.3) is 5.56 Å². The van der Waals surface area contributed by atoms with Crippen LogP contribution in [-0.4, -0.2) is 14.6 Å². The van der Waals surface area contributed by atoms with E-state index >= 15 is 0 Å². The fourth-order valence-corrected chi connectivity index (χ4v) is 3.88. The predicted octanol–water partition coefficient (Wildman–Crippen LogP) is 3.82. The maximum atomic E-state index is 12.0. The van der Waals surface area contributed by atoms with E-state index < -0.39 is 0 Å². The summed E-state index contributed by atoms with van der Waals surface area (Å²) in [6.45, 7) is 2.23. The molecule has 0 radical (unpaired) electrons. The highest BCUT2D eigenvalue weighted by Gasteiger charge is 2.09. The van der Waals surface area contributed by atoms with Crippen LogP contribution in [0.1, 0.15) is 17.6 Å². The molecular formula is C14H11Br2N3O2S. The van der Waals surface area contributed by atoms with Gasteiger partial charge in [0.15, 0.2) is 0 Å². The standard InChI is InChI=1S/C14H11Br2N3O2S/c1-2-12-18-19-13(20)6-9(17-14(19)22-12)7-21-11-4-3-8(15)5-10(11)16/h3-6H,2,7H2,1H3. The van der Waals surface area contributed by atoms with E-state index in [9.17, 15) is 4.79 Å². The van der Waals surface area contributed by atoms with E-state index in [1.54, 1.807) is 0 Å². The maximum Gasteiger partial charge on any atom is 0.275 e. The second-order valence-corrected chi connectivity index (χ2v) is 7.30. The smallest absolute Gasteiger partial charge is 0.275 e. The Hall–Kier alpha value is -1.25. The van der Waals surface area contributed by atoms with Crippen molar-refractivity contribution in [2.24, 2.45) is 0 Å². The molecule has 3 rings (SSSR count). The predicted molar refractivity (Wildman–Crippen MR) is 92.7 cm³/mol. The molecule has 0 aliphatic carbocycles. The van der Waals surface area contributed by atoms with Crippen LogP contribution in [0.4, 0.5) is 0 Å². The summed E-state index contributed by atoms with van der Waals surface area (Å²) in [5, 5.41) is 5.11. The Labute approximate surface area is 147 Å². The zero-order valence-corrected chi connectivity index (χ0v) is 15.5. The SMILES string of the molecule is CCc1nn2c(=O)cc(COc3ccc(Br)cc3Br)nc2s1. The Morgan fingerprint density at radius 1 is 1.32 bits per heavy atom. The third-order valence-corrected chi connectivity index (χ3v) is 5.08. The van der Waals surface area contributed by atoms with Crippen LogP contribution in [-0.2, 0) is 13.0 Å². The first-order chi connectivity index (χ1) is 10.6. The number of ether oxygens (including phenoxy) is 1. The lowest BCUT2D eigenvalue weighted by atomic mass is 10.3. The van der Waals surface area contributed by atoms with Crippen molar-refractivity contribution >= 4 is 48.2 Å². The minimum absolute atomic E-state index is 0.186. The number of rotatable bonds is 4. The van der Waals surface area contributed by atoms with Gasteiger partial charge in [-0.15, -0.1) is 0 Å². The van der Waals surface area contributed by atoms with Crippen LogP contribution in [0.15, 0.2) is 38.0 Å². The maximum absolute atomic E-state index is 12.0. The number of hydrogen-bond acceptors (Lipinski definition) is 5. The fraction of sp³-hybridized carbons (Fsp3) is 0.214. The molecule has 0 atom stereocenters. The first kappa shape index (κ1) is 15.6. The molecule has 5 nitrogen and oxygen atoms in total. The summed E-state index contributed by atoms with van der Waals surface area (Å²) in [4.78, 5) is 17.1. The van der Waals surface area contributed by atoms with Crippen LogP contribution in [0.3, 0.4) is 0 Å². The van der Waals surface area contributed by atoms with Crippen LogP contribution in [0, 0.1) is 0 Å². The van der Waals surface area contributed by atoms with E-state index in [4.69, 9.17) is 4.74 Å². The van der Waals surface area contributed by atoms with Crippen LogP contribution in [0.5, 0.6) is 5.75 Å². The molecule has 3 aromatic rings. The van der Waals surface area contributed by atoms with Gasteiger partial charge in [-0.1, -0.05) is 34.2 Å². The fourth-order valence-electron chi connectivity index (χ4n) is 1.86. The van der Waals surface area contributed by atoms with E-state index in [1.165, 1.54) is 21.9 Å². The molecule has 0 N–H and O–H groups in total. The molecule has 0 unspecified atom stereocenters. The number of aromatic nitrogens is 3. The van der Waals surface area contributed by atoms with E-state index in [1.807, 2.05) is 25.1 Å². The lowest BCUT2D eigenvalue weighted by Crippen LogP contribution is -2.16. The molecule has 22 heavy (non-hydrogen) atoms. The zero-order chi connectivity index (χ0) is 15.7. The zero-order valence-electron chi connectivity index (χ0n) is 11.5. The number of nitrogens with zero attached hydrogens (tertiary/aromatic N) is 3. The van der Waals surface area contributed by atoms with Gasteiger partial charge in [0.05, 0.1) is 10.2 Å². The van der Waals surface area contributed by atoms with Crippen molar-refractivity contribution in [3.8, 4) is 5.75 Å². The van der Waals surface area contributed by atoms with Gasteiger partial charge in [-0.25, -0.2) is 4.98 Å². The Morgan fingerprint density at radius 3 is 2.86 bits per heavy atom. The molecule has 2 aromatic heterocycles. The summed E-state index contributed by atoms with van der Waals surface area (Å²) >= 11 is 8.25. The number of halogens is 2. The van der Waals surface area contributed by atoms with E-state index in [0.29, 0.717) is 16.4 Å². The number of benzene rings is 1. The van der Waals surface area contributed by atoms with Crippen molar-refractivity contribution in [3.05, 3.63) is 54.3 Å². The molecule has 0 amide bonds.